The van der Waals surface area contributed by atoms with Crippen molar-refractivity contribution in [3.05, 3.63) is 53.6 Å². The minimum atomic E-state index is -0.666. The zero-order valence-electron chi connectivity index (χ0n) is 19.9. The molecule has 0 aliphatic carbocycles. The van der Waals surface area contributed by atoms with E-state index in [1.165, 1.54) is 0 Å². The molecule has 0 aliphatic rings. The standard InChI is InChI=1S/C25H33N3O5/c1-17-9-6-10-18(2)23(17)32-14-8-13-21(29)27-19-11-7-12-20(15-19)28-22(30)16-26-24(31)33-25(3,4)5/h6-7,9-12,15H,8,13-14,16H2,1-5H3,(H,26,31)(H,27,29)(H,28,30). The van der Waals surface area contributed by atoms with Gasteiger partial charge >= 0.3 is 6.09 Å². The van der Waals surface area contributed by atoms with Gasteiger partial charge in [0.05, 0.1) is 6.61 Å². The number of carbonyl (C=O) groups is 3. The number of amides is 3. The maximum atomic E-state index is 12.3. The molecule has 0 saturated carbocycles. The second-order valence-corrected chi connectivity index (χ2v) is 8.71. The molecule has 0 heterocycles. The third-order valence-electron chi connectivity index (χ3n) is 4.43. The molecule has 0 fully saturated rings. The van der Waals surface area contributed by atoms with Crippen LogP contribution >= 0.6 is 0 Å². The van der Waals surface area contributed by atoms with E-state index in [2.05, 4.69) is 16.0 Å². The number of ether oxygens (including phenoxy) is 2. The van der Waals surface area contributed by atoms with Gasteiger partial charge in [0.25, 0.3) is 0 Å². The van der Waals surface area contributed by atoms with Gasteiger partial charge < -0.3 is 25.4 Å². The molecule has 8 nitrogen and oxygen atoms in total. The van der Waals surface area contributed by atoms with E-state index in [1.54, 1.807) is 45.0 Å². The van der Waals surface area contributed by atoms with Crippen LogP contribution in [0.1, 0.15) is 44.7 Å². The summed E-state index contributed by atoms with van der Waals surface area (Å²) in [7, 11) is 0. The van der Waals surface area contributed by atoms with Crippen LogP contribution in [0.5, 0.6) is 5.75 Å². The lowest BCUT2D eigenvalue weighted by atomic mass is 10.1. The summed E-state index contributed by atoms with van der Waals surface area (Å²) in [6.45, 7) is 9.43. The van der Waals surface area contributed by atoms with Gasteiger partial charge in [-0.1, -0.05) is 24.3 Å². The predicted molar refractivity (Wildman–Crippen MR) is 129 cm³/mol. The third-order valence-corrected chi connectivity index (χ3v) is 4.43. The van der Waals surface area contributed by atoms with Crippen molar-refractivity contribution in [3.63, 3.8) is 0 Å². The summed E-state index contributed by atoms with van der Waals surface area (Å²) in [6.07, 6.45) is 0.216. The highest BCUT2D eigenvalue weighted by Crippen LogP contribution is 2.22. The van der Waals surface area contributed by atoms with Crippen molar-refractivity contribution in [2.75, 3.05) is 23.8 Å². The number of alkyl carbamates (subject to hydrolysis) is 1. The van der Waals surface area contributed by atoms with Crippen molar-refractivity contribution in [1.82, 2.24) is 5.32 Å². The van der Waals surface area contributed by atoms with Gasteiger partial charge in [-0.25, -0.2) is 4.79 Å². The average Bonchev–Trinajstić information content (AvgIpc) is 2.70. The maximum Gasteiger partial charge on any atom is 0.408 e. The molecule has 0 radical (unpaired) electrons. The molecule has 0 spiro atoms. The number of hydrogen-bond acceptors (Lipinski definition) is 5. The Labute approximate surface area is 195 Å². The molecular weight excluding hydrogens is 422 g/mol. The van der Waals surface area contributed by atoms with E-state index in [9.17, 15) is 14.4 Å². The van der Waals surface area contributed by atoms with E-state index in [0.717, 1.165) is 16.9 Å². The quantitative estimate of drug-likeness (QED) is 0.481. The van der Waals surface area contributed by atoms with E-state index in [-0.39, 0.29) is 12.5 Å². The van der Waals surface area contributed by atoms with Gasteiger partial charge in [-0.05, 0) is 70.4 Å². The maximum absolute atomic E-state index is 12.3. The van der Waals surface area contributed by atoms with Crippen molar-refractivity contribution in [2.24, 2.45) is 0 Å². The number of rotatable bonds is 9. The zero-order chi connectivity index (χ0) is 24.4. The zero-order valence-corrected chi connectivity index (χ0v) is 19.9. The fraction of sp³-hybridized carbons (Fsp3) is 0.400. The molecule has 3 N–H and O–H groups in total. The summed E-state index contributed by atoms with van der Waals surface area (Å²) in [6, 6.07) is 12.8. The van der Waals surface area contributed by atoms with Crippen molar-refractivity contribution in [2.45, 2.75) is 53.1 Å². The van der Waals surface area contributed by atoms with Crippen LogP contribution in [0.15, 0.2) is 42.5 Å². The highest BCUT2D eigenvalue weighted by atomic mass is 16.6. The van der Waals surface area contributed by atoms with Crippen LogP contribution in [0, 0.1) is 13.8 Å². The molecule has 178 valence electrons. The Morgan fingerprint density at radius 1 is 0.879 bits per heavy atom. The highest BCUT2D eigenvalue weighted by Gasteiger charge is 2.16. The minimum absolute atomic E-state index is 0.143. The number of benzene rings is 2. The predicted octanol–water partition coefficient (Wildman–Crippen LogP) is 4.56. The minimum Gasteiger partial charge on any atom is -0.493 e. The van der Waals surface area contributed by atoms with Crippen LogP contribution in [0.2, 0.25) is 0 Å². The van der Waals surface area contributed by atoms with Crippen LogP contribution in [-0.4, -0.2) is 36.7 Å². The average molecular weight is 456 g/mol. The summed E-state index contributed by atoms with van der Waals surface area (Å²) in [5, 5.41) is 7.89. The van der Waals surface area contributed by atoms with Crippen LogP contribution in [0.3, 0.4) is 0 Å². The van der Waals surface area contributed by atoms with Crippen LogP contribution in [-0.2, 0) is 14.3 Å². The highest BCUT2D eigenvalue weighted by molar-refractivity contribution is 5.95. The molecule has 0 aliphatic heterocycles. The Bertz CT molecular complexity index is 962. The first-order valence-corrected chi connectivity index (χ1v) is 10.9. The second kappa shape index (κ2) is 11.9. The van der Waals surface area contributed by atoms with Gasteiger partial charge in [0.2, 0.25) is 11.8 Å². The molecule has 8 heteroatoms. The molecule has 0 bridgehead atoms. The lowest BCUT2D eigenvalue weighted by Crippen LogP contribution is -2.37. The monoisotopic (exact) mass is 455 g/mol. The van der Waals surface area contributed by atoms with Gasteiger partial charge in [0.1, 0.15) is 17.9 Å². The van der Waals surface area contributed by atoms with Crippen molar-refractivity contribution in [3.8, 4) is 5.75 Å². The molecule has 33 heavy (non-hydrogen) atoms. The molecule has 0 saturated heterocycles. The lowest BCUT2D eigenvalue weighted by Gasteiger charge is -2.19. The summed E-state index contributed by atoms with van der Waals surface area (Å²) >= 11 is 0. The van der Waals surface area contributed by atoms with E-state index in [4.69, 9.17) is 9.47 Å². The lowest BCUT2D eigenvalue weighted by molar-refractivity contribution is -0.116. The van der Waals surface area contributed by atoms with Gasteiger partial charge in [0, 0.05) is 17.8 Å². The van der Waals surface area contributed by atoms with Crippen LogP contribution in [0.4, 0.5) is 16.2 Å². The summed E-state index contributed by atoms with van der Waals surface area (Å²) in [5.41, 5.74) is 2.56. The van der Waals surface area contributed by atoms with Gasteiger partial charge in [-0.2, -0.15) is 0 Å². The van der Waals surface area contributed by atoms with Crippen LogP contribution < -0.4 is 20.7 Å². The largest absolute Gasteiger partial charge is 0.493 e. The molecule has 0 unspecified atom stereocenters. The fourth-order valence-electron chi connectivity index (χ4n) is 3.00. The molecule has 2 aromatic carbocycles. The Morgan fingerprint density at radius 2 is 1.45 bits per heavy atom. The number of para-hydroxylation sites is 1. The fourth-order valence-corrected chi connectivity index (χ4v) is 3.00. The smallest absolute Gasteiger partial charge is 0.408 e. The van der Waals surface area contributed by atoms with Gasteiger partial charge in [0.15, 0.2) is 0 Å². The first-order valence-electron chi connectivity index (χ1n) is 10.9. The van der Waals surface area contributed by atoms with E-state index in [1.807, 2.05) is 32.0 Å². The molecule has 3 amide bonds. The summed E-state index contributed by atoms with van der Waals surface area (Å²) < 4.78 is 10.9. The van der Waals surface area contributed by atoms with E-state index >= 15 is 0 Å². The third kappa shape index (κ3) is 9.64. The summed E-state index contributed by atoms with van der Waals surface area (Å²) in [4.78, 5) is 36.0. The SMILES string of the molecule is Cc1cccc(C)c1OCCCC(=O)Nc1cccc(NC(=O)CNC(=O)OC(C)(C)C)c1. The first kappa shape index (κ1) is 25.7. The van der Waals surface area contributed by atoms with Crippen LogP contribution in [0.25, 0.3) is 0 Å². The number of hydrogen-bond donors (Lipinski definition) is 3. The molecule has 0 aromatic heterocycles. The van der Waals surface area contributed by atoms with Crippen molar-refractivity contribution >= 4 is 29.3 Å². The number of carbonyl (C=O) groups excluding carboxylic acids is 3. The van der Waals surface area contributed by atoms with Gasteiger partial charge in [-0.15, -0.1) is 0 Å². The Morgan fingerprint density at radius 3 is 2.06 bits per heavy atom. The van der Waals surface area contributed by atoms with E-state index < -0.39 is 17.6 Å². The number of aryl methyl sites for hydroxylation is 2. The summed E-state index contributed by atoms with van der Waals surface area (Å²) in [5.74, 6) is 0.311. The van der Waals surface area contributed by atoms with Crippen molar-refractivity contribution in [1.29, 1.82) is 0 Å². The van der Waals surface area contributed by atoms with E-state index in [0.29, 0.717) is 30.8 Å². The Balaban J connectivity index is 1.75. The molecular formula is C25H33N3O5. The second-order valence-electron chi connectivity index (χ2n) is 8.71. The Kier molecular flexibility index (Phi) is 9.27. The Hall–Kier alpha value is -3.55. The van der Waals surface area contributed by atoms with Crippen molar-refractivity contribution < 1.29 is 23.9 Å². The normalized spacial score (nSPS) is 10.8. The molecule has 2 rings (SSSR count). The topological polar surface area (TPSA) is 106 Å². The molecule has 0 atom stereocenters. The van der Waals surface area contributed by atoms with Gasteiger partial charge in [-0.3, -0.25) is 9.59 Å². The number of anilines is 2. The number of nitrogens with one attached hydrogen (secondary N) is 3. The molecule has 2 aromatic rings. The first-order chi connectivity index (χ1) is 15.5.